The van der Waals surface area contributed by atoms with Crippen LogP contribution in [-0.4, -0.2) is 36.1 Å². The third kappa shape index (κ3) is 4.67. The predicted octanol–water partition coefficient (Wildman–Crippen LogP) is 2.11. The van der Waals surface area contributed by atoms with Crippen LogP contribution in [0, 0.1) is 0 Å². The number of nitrogens with two attached hydrogens (primary N) is 1. The molecule has 0 amide bonds. The maximum atomic E-state index is 12.0. The van der Waals surface area contributed by atoms with Gasteiger partial charge in [-0.15, -0.1) is 0 Å². The molecule has 0 saturated heterocycles. The summed E-state index contributed by atoms with van der Waals surface area (Å²) >= 11 is 0. The fourth-order valence-electron chi connectivity index (χ4n) is 2.16. The van der Waals surface area contributed by atoms with E-state index in [0.29, 0.717) is 18.4 Å². The van der Waals surface area contributed by atoms with E-state index in [-0.39, 0.29) is 0 Å². The van der Waals surface area contributed by atoms with E-state index < -0.39 is 14.8 Å². The van der Waals surface area contributed by atoms with Crippen LogP contribution >= 0.6 is 0 Å². The van der Waals surface area contributed by atoms with Crippen LogP contribution in [-0.2, 0) is 22.9 Å². The highest BCUT2D eigenvalue weighted by molar-refractivity contribution is 6.69. The first-order valence-corrected chi connectivity index (χ1v) is 8.58. The van der Waals surface area contributed by atoms with Crippen molar-refractivity contribution in [2.24, 2.45) is 5.90 Å². The van der Waals surface area contributed by atoms with Crippen LogP contribution in [0.25, 0.3) is 0 Å². The number of carbonyl (C=O) groups excluding carboxylic acids is 1. The van der Waals surface area contributed by atoms with E-state index in [2.05, 4.69) is 11.8 Å². The van der Waals surface area contributed by atoms with Crippen molar-refractivity contribution in [3.63, 3.8) is 0 Å². The molecule has 20 heavy (non-hydrogen) atoms. The minimum Gasteiger partial charge on any atom is -0.374 e. The molecule has 6 nitrogen and oxygen atoms in total. The third-order valence-corrected chi connectivity index (χ3v) is 6.08. The maximum absolute atomic E-state index is 12.0. The van der Waals surface area contributed by atoms with Crippen LogP contribution in [0.15, 0.2) is 10.8 Å². The van der Waals surface area contributed by atoms with Crippen LogP contribution < -0.4 is 5.90 Å². The molecule has 0 unspecified atom stereocenters. The summed E-state index contributed by atoms with van der Waals surface area (Å²) < 4.78 is 16.5. The molecule has 2 N–H and O–H groups in total. The lowest BCUT2D eigenvalue weighted by atomic mass is 10.1. The van der Waals surface area contributed by atoms with E-state index in [1.807, 2.05) is 6.92 Å². The largest absolute Gasteiger partial charge is 0.532 e. The summed E-state index contributed by atoms with van der Waals surface area (Å²) in [5.41, 5.74) is 0.522. The Bertz CT molecular complexity index is 320. The molecular formula is C13H27NO5Si. The standard InChI is InChI=1S/C13H27NO5Si/c1-6-8-10-11(13(15)19-14)12(9-7-2)20(16-3,17-4)18-5/h6-10,14H2,1-5H3. The molecule has 0 aliphatic rings. The van der Waals surface area contributed by atoms with Crippen LogP contribution in [0.4, 0.5) is 0 Å². The van der Waals surface area contributed by atoms with Gasteiger partial charge in [-0.05, 0) is 19.3 Å². The maximum Gasteiger partial charge on any atom is 0.532 e. The fraction of sp³-hybridized carbons (Fsp3) is 0.769. The summed E-state index contributed by atoms with van der Waals surface area (Å²) in [6, 6.07) is 0. The van der Waals surface area contributed by atoms with Crippen molar-refractivity contribution in [2.45, 2.75) is 46.0 Å². The van der Waals surface area contributed by atoms with Crippen molar-refractivity contribution in [2.75, 3.05) is 21.3 Å². The van der Waals surface area contributed by atoms with Gasteiger partial charge >= 0.3 is 14.8 Å². The summed E-state index contributed by atoms with van der Waals surface area (Å²) in [6.07, 6.45) is 3.89. The van der Waals surface area contributed by atoms with E-state index in [9.17, 15) is 4.79 Å². The number of unbranched alkanes of at least 4 members (excludes halogenated alkanes) is 1. The van der Waals surface area contributed by atoms with Crippen molar-refractivity contribution >= 4 is 14.8 Å². The third-order valence-electron chi connectivity index (χ3n) is 3.17. The molecule has 0 radical (unpaired) electrons. The molecule has 0 heterocycles. The van der Waals surface area contributed by atoms with Crippen molar-refractivity contribution in [1.82, 2.24) is 0 Å². The van der Waals surface area contributed by atoms with Crippen molar-refractivity contribution in [3.8, 4) is 0 Å². The number of hydrogen-bond donors (Lipinski definition) is 1. The Labute approximate surface area is 122 Å². The molecule has 0 aromatic carbocycles. The van der Waals surface area contributed by atoms with Crippen LogP contribution in [0.5, 0.6) is 0 Å². The second-order valence-electron chi connectivity index (χ2n) is 4.38. The number of allylic oxidation sites excluding steroid dienone is 1. The van der Waals surface area contributed by atoms with Gasteiger partial charge in [0, 0.05) is 32.1 Å². The molecule has 0 atom stereocenters. The first-order valence-electron chi connectivity index (χ1n) is 6.85. The number of hydrogen-bond acceptors (Lipinski definition) is 6. The van der Waals surface area contributed by atoms with Gasteiger partial charge in [0.05, 0.1) is 0 Å². The summed E-state index contributed by atoms with van der Waals surface area (Å²) in [5, 5.41) is 0.761. The fourth-order valence-corrected chi connectivity index (χ4v) is 4.55. The summed E-state index contributed by atoms with van der Waals surface area (Å²) in [5.74, 6) is 4.52. The summed E-state index contributed by atoms with van der Waals surface area (Å²) in [6.45, 7) is 4.07. The minimum absolute atomic E-state index is 0.522. The Morgan fingerprint density at radius 1 is 1.00 bits per heavy atom. The Morgan fingerprint density at radius 2 is 1.55 bits per heavy atom. The quantitative estimate of drug-likeness (QED) is 0.378. The SMILES string of the molecule is CCCCC(C(=O)ON)=C(CCC)[Si](OC)(OC)OC. The van der Waals surface area contributed by atoms with E-state index in [1.54, 1.807) is 0 Å². The monoisotopic (exact) mass is 305 g/mol. The van der Waals surface area contributed by atoms with Crippen LogP contribution in [0.3, 0.4) is 0 Å². The lowest BCUT2D eigenvalue weighted by Gasteiger charge is -2.28. The summed E-state index contributed by atoms with van der Waals surface area (Å²) in [7, 11) is 1.55. The van der Waals surface area contributed by atoms with E-state index in [0.717, 1.165) is 24.5 Å². The molecule has 0 aromatic heterocycles. The van der Waals surface area contributed by atoms with Crippen molar-refractivity contribution in [3.05, 3.63) is 10.8 Å². The van der Waals surface area contributed by atoms with Gasteiger partial charge in [-0.2, -0.15) is 5.90 Å². The number of rotatable bonds is 10. The second kappa shape index (κ2) is 10.1. The predicted molar refractivity (Wildman–Crippen MR) is 78.5 cm³/mol. The van der Waals surface area contributed by atoms with Gasteiger partial charge in [-0.3, -0.25) is 0 Å². The van der Waals surface area contributed by atoms with Gasteiger partial charge in [0.25, 0.3) is 0 Å². The second-order valence-corrected chi connectivity index (χ2v) is 7.33. The average molecular weight is 305 g/mol. The minimum atomic E-state index is -3.04. The molecule has 0 fully saturated rings. The molecule has 7 heteroatoms. The molecule has 0 spiro atoms. The smallest absolute Gasteiger partial charge is 0.374 e. The van der Waals surface area contributed by atoms with E-state index >= 15 is 0 Å². The van der Waals surface area contributed by atoms with Crippen molar-refractivity contribution in [1.29, 1.82) is 0 Å². The highest BCUT2D eigenvalue weighted by Gasteiger charge is 2.45. The zero-order chi connectivity index (χ0) is 15.6. The van der Waals surface area contributed by atoms with Gasteiger partial charge in [-0.25, -0.2) is 4.79 Å². The molecule has 0 aliphatic heterocycles. The Balaban J connectivity index is 5.81. The zero-order valence-electron chi connectivity index (χ0n) is 13.2. The Morgan fingerprint density at radius 3 is 1.90 bits per heavy atom. The van der Waals surface area contributed by atoms with Gasteiger partial charge in [0.15, 0.2) is 0 Å². The molecular weight excluding hydrogens is 278 g/mol. The van der Waals surface area contributed by atoms with E-state index in [1.165, 1.54) is 21.3 Å². The Hall–Kier alpha value is -0.733. The van der Waals surface area contributed by atoms with Gasteiger partial charge in [-0.1, -0.05) is 26.7 Å². The van der Waals surface area contributed by atoms with Crippen LogP contribution in [0.2, 0.25) is 0 Å². The van der Waals surface area contributed by atoms with Gasteiger partial charge < -0.3 is 18.1 Å². The molecule has 0 aromatic rings. The molecule has 0 bridgehead atoms. The van der Waals surface area contributed by atoms with Gasteiger partial charge in [0.1, 0.15) is 0 Å². The molecule has 0 saturated carbocycles. The Kier molecular flexibility index (Phi) is 9.69. The lowest BCUT2D eigenvalue weighted by molar-refractivity contribution is -0.139. The summed E-state index contributed by atoms with van der Waals surface area (Å²) in [4.78, 5) is 16.4. The molecule has 0 aliphatic carbocycles. The topological polar surface area (TPSA) is 80.0 Å². The van der Waals surface area contributed by atoms with Crippen LogP contribution in [0.1, 0.15) is 46.0 Å². The first kappa shape index (κ1) is 19.3. The molecule has 0 rings (SSSR count). The number of carbonyl (C=O) groups is 1. The van der Waals surface area contributed by atoms with E-state index in [4.69, 9.17) is 19.2 Å². The molecule has 118 valence electrons. The average Bonchev–Trinajstić information content (AvgIpc) is 2.49. The van der Waals surface area contributed by atoms with Gasteiger partial charge in [0.2, 0.25) is 0 Å². The van der Waals surface area contributed by atoms with Crippen molar-refractivity contribution < 1.29 is 22.9 Å². The highest BCUT2D eigenvalue weighted by atomic mass is 28.4. The first-order chi connectivity index (χ1) is 9.56. The zero-order valence-corrected chi connectivity index (χ0v) is 14.2. The normalized spacial score (nSPS) is 13.1. The lowest BCUT2D eigenvalue weighted by Crippen LogP contribution is -2.47. The highest BCUT2D eigenvalue weighted by Crippen LogP contribution is 2.28.